The molecule has 2 atom stereocenters. The second kappa shape index (κ2) is 9.33. The van der Waals surface area contributed by atoms with Gasteiger partial charge in [0, 0.05) is 0 Å². The maximum atomic E-state index is 9.84. The molecule has 2 aromatic carbocycles. The van der Waals surface area contributed by atoms with E-state index >= 15 is 0 Å². The van der Waals surface area contributed by atoms with Crippen LogP contribution in [-0.2, 0) is 22.7 Å². The second-order valence-electron chi connectivity index (χ2n) is 5.14. The van der Waals surface area contributed by atoms with Crippen LogP contribution in [0.15, 0.2) is 60.7 Å². The van der Waals surface area contributed by atoms with E-state index in [1.165, 1.54) is 0 Å². The molecule has 0 spiro atoms. The monoisotopic (exact) mass is 302 g/mol. The number of hydrogen-bond donors (Lipinski definition) is 2. The Bertz CT molecular complexity index is 466. The summed E-state index contributed by atoms with van der Waals surface area (Å²) in [6, 6.07) is 19.4. The maximum Gasteiger partial charge on any atom is 0.105 e. The summed E-state index contributed by atoms with van der Waals surface area (Å²) < 4.78 is 10.8. The van der Waals surface area contributed by atoms with Crippen LogP contribution in [0.2, 0.25) is 0 Å². The number of aliphatic hydroxyl groups is 2. The van der Waals surface area contributed by atoms with E-state index in [4.69, 9.17) is 9.47 Å². The lowest BCUT2D eigenvalue weighted by atomic mass is 10.2. The van der Waals surface area contributed by atoms with Gasteiger partial charge >= 0.3 is 0 Å². The van der Waals surface area contributed by atoms with Crippen molar-refractivity contribution < 1.29 is 19.7 Å². The number of rotatable bonds is 9. The molecule has 0 aliphatic heterocycles. The summed E-state index contributed by atoms with van der Waals surface area (Å²) >= 11 is 0. The molecule has 2 N–H and O–H groups in total. The summed E-state index contributed by atoms with van der Waals surface area (Å²) in [6.45, 7) is 0.973. The Hall–Kier alpha value is -1.72. The predicted octanol–water partition coefficient (Wildman–Crippen LogP) is 2.14. The molecule has 0 radical (unpaired) electrons. The SMILES string of the molecule is OC(COCc1ccccc1)[C@@H](O)COCc1ccccc1. The third-order valence-corrected chi connectivity index (χ3v) is 3.24. The summed E-state index contributed by atoms with van der Waals surface area (Å²) in [4.78, 5) is 0. The van der Waals surface area contributed by atoms with Crippen LogP contribution in [0.5, 0.6) is 0 Å². The Balaban J connectivity index is 1.61. The van der Waals surface area contributed by atoms with Crippen molar-refractivity contribution in [3.05, 3.63) is 71.8 Å². The van der Waals surface area contributed by atoms with Crippen LogP contribution < -0.4 is 0 Å². The van der Waals surface area contributed by atoms with Gasteiger partial charge in [-0.25, -0.2) is 0 Å². The largest absolute Gasteiger partial charge is 0.388 e. The fourth-order valence-corrected chi connectivity index (χ4v) is 1.97. The molecule has 0 aromatic heterocycles. The maximum absolute atomic E-state index is 9.84. The van der Waals surface area contributed by atoms with Crippen LogP contribution >= 0.6 is 0 Å². The fraction of sp³-hybridized carbons (Fsp3) is 0.333. The Morgan fingerprint density at radius 3 is 1.36 bits per heavy atom. The van der Waals surface area contributed by atoms with Crippen molar-refractivity contribution >= 4 is 0 Å². The van der Waals surface area contributed by atoms with Gasteiger partial charge < -0.3 is 19.7 Å². The molecule has 0 heterocycles. The summed E-state index contributed by atoms with van der Waals surface area (Å²) in [7, 11) is 0. The van der Waals surface area contributed by atoms with Gasteiger partial charge in [0.05, 0.1) is 26.4 Å². The lowest BCUT2D eigenvalue weighted by molar-refractivity contribution is -0.0758. The van der Waals surface area contributed by atoms with Crippen LogP contribution in [0, 0.1) is 0 Å². The normalized spacial score (nSPS) is 13.7. The van der Waals surface area contributed by atoms with Crippen LogP contribution in [0.1, 0.15) is 11.1 Å². The van der Waals surface area contributed by atoms with Gasteiger partial charge in [0.2, 0.25) is 0 Å². The molecule has 0 bridgehead atoms. The van der Waals surface area contributed by atoms with Crippen LogP contribution in [-0.4, -0.2) is 35.6 Å². The molecule has 118 valence electrons. The molecule has 0 aliphatic carbocycles. The number of aliphatic hydroxyl groups excluding tert-OH is 2. The second-order valence-corrected chi connectivity index (χ2v) is 5.14. The Kier molecular flexibility index (Phi) is 7.06. The van der Waals surface area contributed by atoms with Gasteiger partial charge in [-0.3, -0.25) is 0 Å². The van der Waals surface area contributed by atoms with Gasteiger partial charge in [-0.2, -0.15) is 0 Å². The summed E-state index contributed by atoms with van der Waals surface area (Å²) in [5.74, 6) is 0. The van der Waals surface area contributed by atoms with Crippen molar-refractivity contribution in [2.75, 3.05) is 13.2 Å². The summed E-state index contributed by atoms with van der Waals surface area (Å²) in [6.07, 6.45) is -1.92. The van der Waals surface area contributed by atoms with E-state index in [1.54, 1.807) is 0 Å². The van der Waals surface area contributed by atoms with Gasteiger partial charge in [0.25, 0.3) is 0 Å². The molecule has 0 fully saturated rings. The smallest absolute Gasteiger partial charge is 0.105 e. The Morgan fingerprint density at radius 2 is 1.00 bits per heavy atom. The van der Waals surface area contributed by atoms with Crippen molar-refractivity contribution in [2.24, 2.45) is 0 Å². The Labute approximate surface area is 130 Å². The zero-order valence-electron chi connectivity index (χ0n) is 12.5. The average Bonchev–Trinajstić information content (AvgIpc) is 2.56. The standard InChI is InChI=1S/C18H22O4/c19-17(13-21-11-15-7-3-1-4-8-15)18(20)14-22-12-16-9-5-2-6-10-16/h1-10,17-20H,11-14H2/t17-,18?/m0/s1. The highest BCUT2D eigenvalue weighted by molar-refractivity contribution is 5.14. The van der Waals surface area contributed by atoms with Crippen molar-refractivity contribution in [3.8, 4) is 0 Å². The van der Waals surface area contributed by atoms with Gasteiger partial charge in [-0.05, 0) is 11.1 Å². The molecule has 2 rings (SSSR count). The molecular weight excluding hydrogens is 280 g/mol. The number of hydrogen-bond acceptors (Lipinski definition) is 4. The molecule has 1 unspecified atom stereocenters. The fourth-order valence-electron chi connectivity index (χ4n) is 1.97. The molecule has 4 heteroatoms. The van der Waals surface area contributed by atoms with Crippen molar-refractivity contribution in [2.45, 2.75) is 25.4 Å². The van der Waals surface area contributed by atoms with Crippen molar-refractivity contribution in [3.63, 3.8) is 0 Å². The average molecular weight is 302 g/mol. The first-order valence-corrected chi connectivity index (χ1v) is 7.35. The van der Waals surface area contributed by atoms with E-state index in [0.29, 0.717) is 13.2 Å². The van der Waals surface area contributed by atoms with Gasteiger partial charge in [-0.15, -0.1) is 0 Å². The first kappa shape index (κ1) is 16.6. The van der Waals surface area contributed by atoms with E-state index in [1.807, 2.05) is 60.7 Å². The number of ether oxygens (including phenoxy) is 2. The first-order chi connectivity index (χ1) is 10.8. The van der Waals surface area contributed by atoms with Crippen LogP contribution in [0.4, 0.5) is 0 Å². The lowest BCUT2D eigenvalue weighted by Crippen LogP contribution is -2.34. The van der Waals surface area contributed by atoms with Crippen LogP contribution in [0.25, 0.3) is 0 Å². The molecule has 2 aromatic rings. The minimum absolute atomic E-state index is 0.0742. The van der Waals surface area contributed by atoms with Gasteiger partial charge in [0.1, 0.15) is 12.2 Å². The van der Waals surface area contributed by atoms with E-state index in [9.17, 15) is 10.2 Å². The minimum Gasteiger partial charge on any atom is -0.388 e. The highest BCUT2D eigenvalue weighted by Gasteiger charge is 2.16. The third kappa shape index (κ3) is 5.95. The van der Waals surface area contributed by atoms with Crippen molar-refractivity contribution in [1.82, 2.24) is 0 Å². The summed E-state index contributed by atoms with van der Waals surface area (Å²) in [5.41, 5.74) is 2.06. The lowest BCUT2D eigenvalue weighted by Gasteiger charge is -2.18. The molecule has 22 heavy (non-hydrogen) atoms. The molecule has 0 aliphatic rings. The van der Waals surface area contributed by atoms with E-state index in [2.05, 4.69) is 0 Å². The molecular formula is C18H22O4. The zero-order chi connectivity index (χ0) is 15.6. The minimum atomic E-state index is -0.959. The van der Waals surface area contributed by atoms with E-state index in [0.717, 1.165) is 11.1 Å². The Morgan fingerprint density at radius 1 is 0.636 bits per heavy atom. The quantitative estimate of drug-likeness (QED) is 0.745. The predicted molar refractivity (Wildman–Crippen MR) is 84.2 cm³/mol. The summed E-state index contributed by atoms with van der Waals surface area (Å²) in [5, 5.41) is 19.7. The highest BCUT2D eigenvalue weighted by Crippen LogP contribution is 2.05. The highest BCUT2D eigenvalue weighted by atomic mass is 16.5. The topological polar surface area (TPSA) is 58.9 Å². The van der Waals surface area contributed by atoms with Crippen molar-refractivity contribution in [1.29, 1.82) is 0 Å². The third-order valence-electron chi connectivity index (χ3n) is 3.24. The van der Waals surface area contributed by atoms with E-state index in [-0.39, 0.29) is 13.2 Å². The van der Waals surface area contributed by atoms with Gasteiger partial charge in [0.15, 0.2) is 0 Å². The van der Waals surface area contributed by atoms with E-state index < -0.39 is 12.2 Å². The molecule has 0 saturated heterocycles. The van der Waals surface area contributed by atoms with Crippen LogP contribution in [0.3, 0.4) is 0 Å². The molecule has 0 amide bonds. The number of benzene rings is 2. The first-order valence-electron chi connectivity index (χ1n) is 7.35. The van der Waals surface area contributed by atoms with Gasteiger partial charge in [-0.1, -0.05) is 60.7 Å². The molecule has 4 nitrogen and oxygen atoms in total. The molecule has 0 saturated carbocycles. The zero-order valence-corrected chi connectivity index (χ0v) is 12.5.